The Bertz CT molecular complexity index is 72.6. The van der Waals surface area contributed by atoms with Crippen molar-refractivity contribution in [2.45, 2.75) is 32.2 Å². The van der Waals surface area contributed by atoms with E-state index in [-0.39, 0.29) is 17.9 Å². The monoisotopic (exact) mass is 135 g/mol. The van der Waals surface area contributed by atoms with Gasteiger partial charge in [0, 0.05) is 5.54 Å². The molecule has 1 fully saturated rings. The first-order chi connectivity index (χ1) is 3.10. The SMILES string of the molecule is CC1CC(C)(N)C1.Cl. The maximum absolute atomic E-state index is 5.71. The van der Waals surface area contributed by atoms with E-state index in [1.165, 1.54) is 12.8 Å². The van der Waals surface area contributed by atoms with Crippen LogP contribution in [0.4, 0.5) is 0 Å². The molecule has 50 valence electrons. The van der Waals surface area contributed by atoms with Crippen molar-refractivity contribution in [3.05, 3.63) is 0 Å². The zero-order chi connectivity index (χ0) is 5.49. The fraction of sp³-hybridized carbons (Fsp3) is 1.00. The van der Waals surface area contributed by atoms with Gasteiger partial charge in [-0.15, -0.1) is 12.4 Å². The first-order valence-corrected chi connectivity index (χ1v) is 2.89. The fourth-order valence-electron chi connectivity index (χ4n) is 1.53. The lowest BCUT2D eigenvalue weighted by Gasteiger charge is -2.40. The largest absolute Gasteiger partial charge is 0.325 e. The van der Waals surface area contributed by atoms with Gasteiger partial charge in [0.25, 0.3) is 0 Å². The van der Waals surface area contributed by atoms with Crippen LogP contribution < -0.4 is 5.73 Å². The molecule has 0 aromatic carbocycles. The number of halogens is 1. The van der Waals surface area contributed by atoms with Gasteiger partial charge in [-0.25, -0.2) is 0 Å². The van der Waals surface area contributed by atoms with Crippen LogP contribution in [-0.4, -0.2) is 5.54 Å². The van der Waals surface area contributed by atoms with Gasteiger partial charge in [-0.2, -0.15) is 0 Å². The lowest BCUT2D eigenvalue weighted by Crippen LogP contribution is -2.47. The maximum Gasteiger partial charge on any atom is 0.0131 e. The molecule has 0 spiro atoms. The smallest absolute Gasteiger partial charge is 0.0131 e. The summed E-state index contributed by atoms with van der Waals surface area (Å²) in [4.78, 5) is 0. The van der Waals surface area contributed by atoms with Crippen LogP contribution in [0, 0.1) is 5.92 Å². The second-order valence-electron chi connectivity index (χ2n) is 3.17. The predicted octanol–water partition coefficient (Wildman–Crippen LogP) is 1.56. The summed E-state index contributed by atoms with van der Waals surface area (Å²) in [5.41, 5.74) is 5.91. The Morgan fingerprint density at radius 2 is 1.88 bits per heavy atom. The zero-order valence-electron chi connectivity index (χ0n) is 5.48. The Labute approximate surface area is 57.1 Å². The van der Waals surface area contributed by atoms with Crippen molar-refractivity contribution in [2.24, 2.45) is 11.7 Å². The zero-order valence-corrected chi connectivity index (χ0v) is 6.29. The molecule has 2 N–H and O–H groups in total. The molecule has 1 aliphatic rings. The van der Waals surface area contributed by atoms with Crippen molar-refractivity contribution in [3.8, 4) is 0 Å². The minimum Gasteiger partial charge on any atom is -0.325 e. The first kappa shape index (κ1) is 8.25. The molecule has 2 heteroatoms. The quantitative estimate of drug-likeness (QED) is 0.536. The van der Waals surface area contributed by atoms with Crippen LogP contribution >= 0.6 is 12.4 Å². The van der Waals surface area contributed by atoms with Gasteiger partial charge in [0.2, 0.25) is 0 Å². The van der Waals surface area contributed by atoms with Crippen LogP contribution in [-0.2, 0) is 0 Å². The predicted molar refractivity (Wildman–Crippen MR) is 38.2 cm³/mol. The molecule has 0 radical (unpaired) electrons. The molecular weight excluding hydrogens is 122 g/mol. The summed E-state index contributed by atoms with van der Waals surface area (Å²) in [5, 5.41) is 0. The molecule has 0 aromatic heterocycles. The Kier molecular flexibility index (Phi) is 2.31. The lowest BCUT2D eigenvalue weighted by atomic mass is 9.71. The Balaban J connectivity index is 0.000000490. The van der Waals surface area contributed by atoms with Gasteiger partial charge in [-0.05, 0) is 25.7 Å². The first-order valence-electron chi connectivity index (χ1n) is 2.89. The average molecular weight is 136 g/mol. The highest BCUT2D eigenvalue weighted by Crippen LogP contribution is 2.34. The van der Waals surface area contributed by atoms with Crippen LogP contribution in [0.25, 0.3) is 0 Å². The van der Waals surface area contributed by atoms with Crippen molar-refractivity contribution in [3.63, 3.8) is 0 Å². The van der Waals surface area contributed by atoms with Gasteiger partial charge in [-0.1, -0.05) is 6.92 Å². The van der Waals surface area contributed by atoms with E-state index in [0.29, 0.717) is 0 Å². The van der Waals surface area contributed by atoms with Crippen LogP contribution in [0.2, 0.25) is 0 Å². The molecule has 0 unspecified atom stereocenters. The molecule has 0 saturated heterocycles. The Morgan fingerprint density at radius 3 is 1.88 bits per heavy atom. The minimum absolute atomic E-state index is 0. The second-order valence-corrected chi connectivity index (χ2v) is 3.17. The molecule has 0 bridgehead atoms. The van der Waals surface area contributed by atoms with Gasteiger partial charge in [0.05, 0.1) is 0 Å². The third-order valence-corrected chi connectivity index (χ3v) is 1.63. The van der Waals surface area contributed by atoms with Crippen molar-refractivity contribution in [1.29, 1.82) is 0 Å². The van der Waals surface area contributed by atoms with E-state index in [0.717, 1.165) is 5.92 Å². The van der Waals surface area contributed by atoms with Crippen LogP contribution in [0.15, 0.2) is 0 Å². The summed E-state index contributed by atoms with van der Waals surface area (Å²) >= 11 is 0. The summed E-state index contributed by atoms with van der Waals surface area (Å²) in [6.07, 6.45) is 2.43. The highest BCUT2D eigenvalue weighted by atomic mass is 35.5. The minimum atomic E-state index is 0. The van der Waals surface area contributed by atoms with E-state index in [2.05, 4.69) is 13.8 Å². The molecule has 0 aromatic rings. The van der Waals surface area contributed by atoms with Crippen molar-refractivity contribution < 1.29 is 0 Å². The van der Waals surface area contributed by atoms with E-state index < -0.39 is 0 Å². The molecule has 1 rings (SSSR count). The van der Waals surface area contributed by atoms with E-state index >= 15 is 0 Å². The summed E-state index contributed by atoms with van der Waals surface area (Å²) in [5.74, 6) is 0.884. The number of rotatable bonds is 0. The molecule has 8 heavy (non-hydrogen) atoms. The highest BCUT2D eigenvalue weighted by Gasteiger charge is 2.32. The van der Waals surface area contributed by atoms with E-state index in [4.69, 9.17) is 5.73 Å². The van der Waals surface area contributed by atoms with Gasteiger partial charge in [0.15, 0.2) is 0 Å². The standard InChI is InChI=1S/C6H13N.ClH/c1-5-3-6(2,7)4-5;/h5H,3-4,7H2,1-2H3;1H. The molecule has 0 aliphatic heterocycles. The summed E-state index contributed by atoms with van der Waals surface area (Å²) in [7, 11) is 0. The third kappa shape index (κ3) is 1.64. The number of nitrogens with two attached hydrogens (primary N) is 1. The van der Waals surface area contributed by atoms with E-state index in [1.54, 1.807) is 0 Å². The van der Waals surface area contributed by atoms with Gasteiger partial charge < -0.3 is 5.73 Å². The molecule has 1 nitrogen and oxygen atoms in total. The second kappa shape index (κ2) is 2.24. The van der Waals surface area contributed by atoms with Crippen molar-refractivity contribution in [1.82, 2.24) is 0 Å². The van der Waals surface area contributed by atoms with Gasteiger partial charge >= 0.3 is 0 Å². The average Bonchev–Trinajstić information content (AvgIpc) is 1.27. The topological polar surface area (TPSA) is 26.0 Å². The van der Waals surface area contributed by atoms with Crippen molar-refractivity contribution >= 4 is 12.4 Å². The third-order valence-electron chi connectivity index (χ3n) is 1.63. The van der Waals surface area contributed by atoms with Crippen LogP contribution in [0.3, 0.4) is 0 Å². The van der Waals surface area contributed by atoms with Gasteiger partial charge in [0.1, 0.15) is 0 Å². The molecule has 1 aliphatic carbocycles. The lowest BCUT2D eigenvalue weighted by molar-refractivity contribution is 0.184. The molecule has 0 atom stereocenters. The fourth-order valence-corrected chi connectivity index (χ4v) is 1.53. The van der Waals surface area contributed by atoms with E-state index in [1.807, 2.05) is 0 Å². The number of hydrogen-bond donors (Lipinski definition) is 1. The number of hydrogen-bond acceptors (Lipinski definition) is 1. The maximum atomic E-state index is 5.71. The normalized spacial score (nSPS) is 44.6. The van der Waals surface area contributed by atoms with Crippen LogP contribution in [0.5, 0.6) is 0 Å². The molecular formula is C6H14ClN. The summed E-state index contributed by atoms with van der Waals surface area (Å²) < 4.78 is 0. The van der Waals surface area contributed by atoms with Gasteiger partial charge in [-0.3, -0.25) is 0 Å². The summed E-state index contributed by atoms with van der Waals surface area (Å²) in [6.45, 7) is 4.36. The molecule has 1 saturated carbocycles. The van der Waals surface area contributed by atoms with E-state index in [9.17, 15) is 0 Å². The Morgan fingerprint density at radius 1 is 1.50 bits per heavy atom. The molecule has 0 amide bonds. The summed E-state index contributed by atoms with van der Waals surface area (Å²) in [6, 6.07) is 0. The van der Waals surface area contributed by atoms with Crippen molar-refractivity contribution in [2.75, 3.05) is 0 Å². The Hall–Kier alpha value is 0.250. The van der Waals surface area contributed by atoms with Crippen LogP contribution in [0.1, 0.15) is 26.7 Å². The molecule has 0 heterocycles. The highest BCUT2D eigenvalue weighted by molar-refractivity contribution is 5.85.